The minimum Gasteiger partial charge on any atom is -0.462 e. The van der Waals surface area contributed by atoms with E-state index in [1.165, 1.54) is 11.3 Å². The van der Waals surface area contributed by atoms with Gasteiger partial charge in [0.05, 0.1) is 29.3 Å². The van der Waals surface area contributed by atoms with Crippen LogP contribution in [0.1, 0.15) is 33.5 Å². The molecule has 144 valence electrons. The number of benzene rings is 2. The molecule has 7 heteroatoms. The second-order valence-electron chi connectivity index (χ2n) is 6.07. The van der Waals surface area contributed by atoms with E-state index < -0.39 is 5.97 Å². The normalized spacial score (nSPS) is 10.5. The van der Waals surface area contributed by atoms with E-state index in [4.69, 9.17) is 16.3 Å². The maximum Gasteiger partial charge on any atom is 0.338 e. The van der Waals surface area contributed by atoms with Crippen molar-refractivity contribution < 1.29 is 14.3 Å². The van der Waals surface area contributed by atoms with Crippen molar-refractivity contribution in [1.29, 1.82) is 0 Å². The van der Waals surface area contributed by atoms with E-state index in [2.05, 4.69) is 10.3 Å². The van der Waals surface area contributed by atoms with Crippen LogP contribution in [0.4, 0.5) is 5.69 Å². The number of aromatic nitrogens is 1. The third-order valence-corrected chi connectivity index (χ3v) is 4.98. The van der Waals surface area contributed by atoms with Gasteiger partial charge in [0.2, 0.25) is 5.91 Å². The molecule has 1 aromatic heterocycles. The van der Waals surface area contributed by atoms with E-state index in [0.29, 0.717) is 35.0 Å². The van der Waals surface area contributed by atoms with Gasteiger partial charge in [-0.1, -0.05) is 29.8 Å². The van der Waals surface area contributed by atoms with Gasteiger partial charge in [-0.3, -0.25) is 4.79 Å². The van der Waals surface area contributed by atoms with Gasteiger partial charge in [-0.25, -0.2) is 9.78 Å². The number of anilines is 1. The molecule has 28 heavy (non-hydrogen) atoms. The van der Waals surface area contributed by atoms with Crippen LogP contribution >= 0.6 is 22.9 Å². The molecule has 0 aliphatic rings. The van der Waals surface area contributed by atoms with Gasteiger partial charge < -0.3 is 10.1 Å². The summed E-state index contributed by atoms with van der Waals surface area (Å²) < 4.78 is 4.97. The number of ether oxygens (including phenoxy) is 1. The van der Waals surface area contributed by atoms with Crippen LogP contribution in [0.15, 0.2) is 53.9 Å². The van der Waals surface area contributed by atoms with Gasteiger partial charge in [0.25, 0.3) is 0 Å². The Kier molecular flexibility index (Phi) is 6.79. The molecular formula is C21H19ClN2O3S. The van der Waals surface area contributed by atoms with Crippen molar-refractivity contribution in [3.05, 3.63) is 80.8 Å². The summed E-state index contributed by atoms with van der Waals surface area (Å²) in [5, 5.41) is 6.30. The molecule has 0 radical (unpaired) electrons. The highest BCUT2D eigenvalue weighted by Gasteiger charge is 2.11. The number of thiazole rings is 1. The molecule has 3 rings (SSSR count). The molecule has 0 fully saturated rings. The summed E-state index contributed by atoms with van der Waals surface area (Å²) in [6, 6.07) is 14.3. The Hall–Kier alpha value is -2.70. The van der Waals surface area contributed by atoms with Gasteiger partial charge >= 0.3 is 5.97 Å². The predicted octanol–water partition coefficient (Wildman–Crippen LogP) is 4.75. The number of halogens is 1. The summed E-state index contributed by atoms with van der Waals surface area (Å²) in [6.07, 6.45) is 0.837. The molecule has 0 aliphatic carbocycles. The van der Waals surface area contributed by atoms with Crippen LogP contribution in [0.5, 0.6) is 0 Å². The van der Waals surface area contributed by atoms with Crippen LogP contribution in [0, 0.1) is 0 Å². The Labute approximate surface area is 172 Å². The number of hydrogen-bond acceptors (Lipinski definition) is 5. The molecule has 0 aliphatic heterocycles. The van der Waals surface area contributed by atoms with Crippen LogP contribution in [-0.2, 0) is 22.4 Å². The van der Waals surface area contributed by atoms with Crippen LogP contribution in [-0.4, -0.2) is 23.5 Å². The predicted molar refractivity (Wildman–Crippen MR) is 111 cm³/mol. The summed E-state index contributed by atoms with van der Waals surface area (Å²) in [6.45, 7) is 2.05. The molecule has 0 spiro atoms. The van der Waals surface area contributed by atoms with Gasteiger partial charge in [0.15, 0.2) is 0 Å². The first-order chi connectivity index (χ1) is 13.5. The number of carbonyl (C=O) groups is 2. The summed E-state index contributed by atoms with van der Waals surface area (Å²) in [4.78, 5) is 28.6. The monoisotopic (exact) mass is 414 g/mol. The smallest absolute Gasteiger partial charge is 0.338 e. The van der Waals surface area contributed by atoms with E-state index in [9.17, 15) is 9.59 Å². The molecule has 2 aromatic carbocycles. The molecule has 0 saturated heterocycles. The van der Waals surface area contributed by atoms with Gasteiger partial charge in [-0.2, -0.15) is 0 Å². The summed E-state index contributed by atoms with van der Waals surface area (Å²) in [5.41, 5.74) is 2.73. The molecule has 1 amide bonds. The fourth-order valence-electron chi connectivity index (χ4n) is 2.64. The Bertz CT molecular complexity index is 987. The second-order valence-corrected chi connectivity index (χ2v) is 7.44. The minimum atomic E-state index is -0.413. The van der Waals surface area contributed by atoms with Crippen LogP contribution in [0.25, 0.3) is 0 Å². The zero-order chi connectivity index (χ0) is 19.9. The topological polar surface area (TPSA) is 68.3 Å². The van der Waals surface area contributed by atoms with Crippen molar-refractivity contribution >= 4 is 40.5 Å². The Balaban J connectivity index is 1.59. The first kappa shape index (κ1) is 20.0. The number of carbonyl (C=O) groups excluding carboxylic acids is 2. The lowest BCUT2D eigenvalue weighted by Crippen LogP contribution is -2.15. The maximum absolute atomic E-state index is 12.3. The van der Waals surface area contributed by atoms with Crippen molar-refractivity contribution in [3.8, 4) is 0 Å². The minimum absolute atomic E-state index is 0.162. The number of amides is 1. The summed E-state index contributed by atoms with van der Waals surface area (Å²) >= 11 is 7.53. The third-order valence-electron chi connectivity index (χ3n) is 3.84. The first-order valence-electron chi connectivity index (χ1n) is 8.78. The molecule has 1 N–H and O–H groups in total. The highest BCUT2D eigenvalue weighted by atomic mass is 35.5. The van der Waals surface area contributed by atoms with Crippen molar-refractivity contribution in [2.24, 2.45) is 0 Å². The maximum atomic E-state index is 12.3. The van der Waals surface area contributed by atoms with Crippen LogP contribution in [0.2, 0.25) is 5.02 Å². The van der Waals surface area contributed by atoms with Crippen LogP contribution < -0.4 is 5.32 Å². The highest BCUT2D eigenvalue weighted by Crippen LogP contribution is 2.18. The van der Waals surface area contributed by atoms with Gasteiger partial charge in [0.1, 0.15) is 0 Å². The fraction of sp³-hybridized carbons (Fsp3) is 0.190. The largest absolute Gasteiger partial charge is 0.462 e. The SMILES string of the molecule is CCOC(=O)c1cccc(NC(=O)Cc2csc(Cc3cccc(Cl)c3)n2)c1. The number of nitrogens with zero attached hydrogens (tertiary/aromatic N) is 1. The molecule has 5 nitrogen and oxygen atoms in total. The lowest BCUT2D eigenvalue weighted by atomic mass is 10.2. The van der Waals surface area contributed by atoms with E-state index >= 15 is 0 Å². The molecule has 0 saturated carbocycles. The van der Waals surface area contributed by atoms with Gasteiger partial charge in [-0.15, -0.1) is 11.3 Å². The van der Waals surface area contributed by atoms with E-state index in [1.807, 2.05) is 29.6 Å². The summed E-state index contributed by atoms with van der Waals surface area (Å²) in [7, 11) is 0. The van der Waals surface area contributed by atoms with Crippen molar-refractivity contribution in [1.82, 2.24) is 4.98 Å². The van der Waals surface area contributed by atoms with Crippen molar-refractivity contribution in [2.75, 3.05) is 11.9 Å². The number of nitrogens with one attached hydrogen (secondary N) is 1. The lowest BCUT2D eigenvalue weighted by Gasteiger charge is -2.06. The Morgan fingerprint density at radius 3 is 2.79 bits per heavy atom. The average molecular weight is 415 g/mol. The zero-order valence-corrected chi connectivity index (χ0v) is 16.8. The first-order valence-corrected chi connectivity index (χ1v) is 10.0. The zero-order valence-electron chi connectivity index (χ0n) is 15.3. The lowest BCUT2D eigenvalue weighted by molar-refractivity contribution is -0.115. The molecule has 1 heterocycles. The molecule has 0 atom stereocenters. The Morgan fingerprint density at radius 2 is 2.00 bits per heavy atom. The molecular weight excluding hydrogens is 396 g/mol. The standard InChI is InChI=1S/C21H19ClN2O3S/c1-2-27-21(26)15-6-4-8-17(11-15)23-19(25)12-18-13-28-20(24-18)10-14-5-3-7-16(22)9-14/h3-9,11,13H,2,10,12H2,1H3,(H,23,25). The number of hydrogen-bond donors (Lipinski definition) is 1. The molecule has 0 unspecified atom stereocenters. The van der Waals surface area contributed by atoms with Crippen molar-refractivity contribution in [3.63, 3.8) is 0 Å². The summed E-state index contributed by atoms with van der Waals surface area (Å²) in [5.74, 6) is -0.607. The van der Waals surface area contributed by atoms with E-state index in [0.717, 1.165) is 10.6 Å². The van der Waals surface area contributed by atoms with Gasteiger partial charge in [0, 0.05) is 22.5 Å². The van der Waals surface area contributed by atoms with E-state index in [-0.39, 0.29) is 12.3 Å². The van der Waals surface area contributed by atoms with Gasteiger partial charge in [-0.05, 0) is 42.8 Å². The number of rotatable bonds is 7. The molecule has 3 aromatic rings. The van der Waals surface area contributed by atoms with Crippen molar-refractivity contribution in [2.45, 2.75) is 19.8 Å². The highest BCUT2D eigenvalue weighted by molar-refractivity contribution is 7.09. The third kappa shape index (κ3) is 5.65. The second kappa shape index (κ2) is 9.48. The van der Waals surface area contributed by atoms with E-state index in [1.54, 1.807) is 31.2 Å². The van der Waals surface area contributed by atoms with Crippen LogP contribution in [0.3, 0.4) is 0 Å². The Morgan fingerprint density at radius 1 is 1.18 bits per heavy atom. The quantitative estimate of drug-likeness (QED) is 0.566. The molecule has 0 bridgehead atoms. The average Bonchev–Trinajstić information content (AvgIpc) is 3.08. The number of esters is 1. The fourth-order valence-corrected chi connectivity index (χ4v) is 3.68.